The van der Waals surface area contributed by atoms with Crippen molar-refractivity contribution in [2.24, 2.45) is 0 Å². The average molecular weight is 265 g/mol. The molecule has 20 heavy (non-hydrogen) atoms. The molecule has 0 spiro atoms. The molecule has 0 unspecified atom stereocenters. The maximum absolute atomic E-state index is 9.60. The van der Waals surface area contributed by atoms with Crippen LogP contribution in [0.5, 0.6) is 5.75 Å². The molecule has 0 bridgehead atoms. The van der Waals surface area contributed by atoms with Crippen molar-refractivity contribution in [3.63, 3.8) is 0 Å². The lowest BCUT2D eigenvalue weighted by atomic mass is 10.1. The van der Waals surface area contributed by atoms with Crippen molar-refractivity contribution < 1.29 is 5.11 Å². The predicted octanol–water partition coefficient (Wildman–Crippen LogP) is 3.26. The van der Waals surface area contributed by atoms with Crippen LogP contribution < -0.4 is 5.32 Å². The molecule has 0 aliphatic rings. The summed E-state index contributed by atoms with van der Waals surface area (Å²) >= 11 is 0. The van der Waals surface area contributed by atoms with Crippen LogP contribution in [0.15, 0.2) is 48.8 Å². The smallest absolute Gasteiger partial charge is 0.134 e. The summed E-state index contributed by atoms with van der Waals surface area (Å²) in [6.07, 6.45) is 3.61. The minimum atomic E-state index is 0.241. The minimum Gasteiger partial charge on any atom is -0.508 e. The molecule has 3 rings (SSSR count). The van der Waals surface area contributed by atoms with Crippen LogP contribution in [0.2, 0.25) is 0 Å². The number of pyridine rings is 2. The fourth-order valence-electron chi connectivity index (χ4n) is 2.09. The Bertz CT molecular complexity index is 738. The van der Waals surface area contributed by atoms with Crippen molar-refractivity contribution in [3.05, 3.63) is 60.0 Å². The summed E-state index contributed by atoms with van der Waals surface area (Å²) in [5, 5.41) is 14.8. The number of nitrogens with zero attached hydrogens (tertiary/aromatic N) is 2. The summed E-state index contributed by atoms with van der Waals surface area (Å²) < 4.78 is 0. The van der Waals surface area contributed by atoms with Gasteiger partial charge in [-0.3, -0.25) is 4.98 Å². The second kappa shape index (κ2) is 5.17. The molecule has 1 aromatic carbocycles. The molecule has 0 radical (unpaired) electrons. The first kappa shape index (κ1) is 12.4. The maximum atomic E-state index is 9.60. The number of phenolic OH excluding ortho intramolecular Hbond substituents is 1. The Balaban J connectivity index is 1.87. The van der Waals surface area contributed by atoms with Crippen LogP contribution in [0.1, 0.15) is 11.3 Å². The third-order valence-electron chi connectivity index (χ3n) is 3.18. The van der Waals surface area contributed by atoms with E-state index in [-0.39, 0.29) is 5.75 Å². The van der Waals surface area contributed by atoms with Gasteiger partial charge in [-0.25, -0.2) is 4.98 Å². The first-order valence-electron chi connectivity index (χ1n) is 6.45. The van der Waals surface area contributed by atoms with Gasteiger partial charge in [-0.2, -0.15) is 0 Å². The van der Waals surface area contributed by atoms with Gasteiger partial charge in [-0.15, -0.1) is 0 Å². The largest absolute Gasteiger partial charge is 0.508 e. The van der Waals surface area contributed by atoms with Crippen molar-refractivity contribution in [2.45, 2.75) is 13.5 Å². The van der Waals surface area contributed by atoms with Gasteiger partial charge in [0.05, 0.1) is 0 Å². The van der Waals surface area contributed by atoms with Gasteiger partial charge in [0.15, 0.2) is 0 Å². The topological polar surface area (TPSA) is 58.0 Å². The highest BCUT2D eigenvalue weighted by Crippen LogP contribution is 2.25. The molecule has 0 aliphatic heterocycles. The van der Waals surface area contributed by atoms with Gasteiger partial charge in [-0.1, -0.05) is 12.1 Å². The lowest BCUT2D eigenvalue weighted by Gasteiger charge is -2.09. The van der Waals surface area contributed by atoms with Gasteiger partial charge in [0.25, 0.3) is 0 Å². The van der Waals surface area contributed by atoms with E-state index in [9.17, 15) is 5.11 Å². The van der Waals surface area contributed by atoms with E-state index in [1.54, 1.807) is 18.3 Å². The lowest BCUT2D eigenvalue weighted by molar-refractivity contribution is 0.476. The second-order valence-electron chi connectivity index (χ2n) is 4.73. The first-order valence-corrected chi connectivity index (χ1v) is 6.45. The summed E-state index contributed by atoms with van der Waals surface area (Å²) in [7, 11) is 0. The van der Waals surface area contributed by atoms with E-state index in [0.717, 1.165) is 27.8 Å². The zero-order chi connectivity index (χ0) is 13.9. The van der Waals surface area contributed by atoms with Gasteiger partial charge in [0, 0.05) is 30.0 Å². The van der Waals surface area contributed by atoms with Crippen LogP contribution >= 0.6 is 0 Å². The van der Waals surface area contributed by atoms with Crippen molar-refractivity contribution in [1.29, 1.82) is 0 Å². The molecule has 0 aliphatic carbocycles. The summed E-state index contributed by atoms with van der Waals surface area (Å²) in [5.41, 5.74) is 2.09. The molecule has 0 saturated heterocycles. The van der Waals surface area contributed by atoms with Crippen LogP contribution in [0.3, 0.4) is 0 Å². The molecule has 4 nitrogen and oxygen atoms in total. The van der Waals surface area contributed by atoms with Crippen molar-refractivity contribution in [3.8, 4) is 5.75 Å². The summed E-state index contributed by atoms with van der Waals surface area (Å²) in [6.45, 7) is 2.61. The molecule has 2 N–H and O–H groups in total. The Labute approximate surface area is 117 Å². The number of phenols is 1. The maximum Gasteiger partial charge on any atom is 0.134 e. The van der Waals surface area contributed by atoms with Gasteiger partial charge >= 0.3 is 0 Å². The van der Waals surface area contributed by atoms with Crippen LogP contribution in [0, 0.1) is 6.92 Å². The Hall–Kier alpha value is -2.62. The number of aromatic nitrogens is 2. The van der Waals surface area contributed by atoms with E-state index < -0.39 is 0 Å². The van der Waals surface area contributed by atoms with E-state index in [1.807, 2.05) is 37.4 Å². The van der Waals surface area contributed by atoms with E-state index in [2.05, 4.69) is 15.3 Å². The molecule has 4 heteroatoms. The number of nitrogens with one attached hydrogen (secondary N) is 1. The fraction of sp³-hybridized carbons (Fsp3) is 0.125. The summed E-state index contributed by atoms with van der Waals surface area (Å²) in [6, 6.07) is 11.2. The predicted molar refractivity (Wildman–Crippen MR) is 79.7 cm³/mol. The minimum absolute atomic E-state index is 0.241. The van der Waals surface area contributed by atoms with Gasteiger partial charge in [0.1, 0.15) is 11.6 Å². The molecule has 0 saturated carbocycles. The Morgan fingerprint density at radius 2 is 2.00 bits per heavy atom. The number of benzene rings is 1. The highest BCUT2D eigenvalue weighted by molar-refractivity contribution is 5.92. The van der Waals surface area contributed by atoms with Crippen molar-refractivity contribution >= 4 is 16.6 Å². The second-order valence-corrected chi connectivity index (χ2v) is 4.73. The Kier molecular flexibility index (Phi) is 3.21. The van der Waals surface area contributed by atoms with Gasteiger partial charge < -0.3 is 10.4 Å². The first-order chi connectivity index (χ1) is 9.72. The molecule has 0 atom stereocenters. The molecule has 100 valence electrons. The highest BCUT2D eigenvalue weighted by Gasteiger charge is 2.03. The van der Waals surface area contributed by atoms with Gasteiger partial charge in [0.2, 0.25) is 0 Å². The quantitative estimate of drug-likeness (QED) is 0.763. The molecular formula is C16H15N3O. The highest BCUT2D eigenvalue weighted by atomic mass is 16.3. The van der Waals surface area contributed by atoms with Crippen LogP contribution in [-0.4, -0.2) is 15.1 Å². The third-order valence-corrected chi connectivity index (χ3v) is 3.18. The number of rotatable bonds is 3. The lowest BCUT2D eigenvalue weighted by Crippen LogP contribution is -2.02. The standard InChI is InChI=1S/C16H15N3O/c1-11-2-3-12(9-18-11)10-19-16-15-8-14(20)5-4-13(15)6-7-17-16/h2-9,20H,10H2,1H3,(H,17,19). The molecule has 3 aromatic rings. The third kappa shape index (κ3) is 2.54. The molecule has 2 heterocycles. The normalized spacial score (nSPS) is 10.7. The number of fused-ring (bicyclic) bond motifs is 1. The van der Waals surface area contributed by atoms with E-state index >= 15 is 0 Å². The van der Waals surface area contributed by atoms with E-state index in [1.165, 1.54) is 0 Å². The van der Waals surface area contributed by atoms with Crippen LogP contribution in [-0.2, 0) is 6.54 Å². The number of anilines is 1. The number of aryl methyl sites for hydroxylation is 1. The summed E-state index contributed by atoms with van der Waals surface area (Å²) in [5.74, 6) is 1.00. The van der Waals surface area contributed by atoms with E-state index in [4.69, 9.17) is 0 Å². The number of aromatic hydroxyl groups is 1. The summed E-state index contributed by atoms with van der Waals surface area (Å²) in [4.78, 5) is 8.61. The number of hydrogen-bond acceptors (Lipinski definition) is 4. The van der Waals surface area contributed by atoms with Crippen LogP contribution in [0.25, 0.3) is 10.8 Å². The molecule has 0 fully saturated rings. The number of hydrogen-bond donors (Lipinski definition) is 2. The van der Waals surface area contributed by atoms with Crippen LogP contribution in [0.4, 0.5) is 5.82 Å². The van der Waals surface area contributed by atoms with Crippen molar-refractivity contribution in [2.75, 3.05) is 5.32 Å². The Morgan fingerprint density at radius 1 is 1.10 bits per heavy atom. The molecule has 2 aromatic heterocycles. The monoisotopic (exact) mass is 265 g/mol. The van der Waals surface area contributed by atoms with Crippen molar-refractivity contribution in [1.82, 2.24) is 9.97 Å². The SMILES string of the molecule is Cc1ccc(CNc2nccc3ccc(O)cc23)cn1. The zero-order valence-corrected chi connectivity index (χ0v) is 11.2. The van der Waals surface area contributed by atoms with Gasteiger partial charge in [-0.05, 0) is 42.1 Å². The fourth-order valence-corrected chi connectivity index (χ4v) is 2.09. The Morgan fingerprint density at radius 3 is 2.80 bits per heavy atom. The average Bonchev–Trinajstić information content (AvgIpc) is 2.47. The molecular weight excluding hydrogens is 250 g/mol. The zero-order valence-electron chi connectivity index (χ0n) is 11.2. The molecule has 0 amide bonds. The van der Waals surface area contributed by atoms with E-state index in [0.29, 0.717) is 6.54 Å².